The van der Waals surface area contributed by atoms with E-state index in [1.807, 2.05) is 13.8 Å². The van der Waals surface area contributed by atoms with Crippen LogP contribution in [0.25, 0.3) is 0 Å². The number of aryl methyl sites for hydroxylation is 1. The highest BCUT2D eigenvalue weighted by atomic mass is 16.2. The van der Waals surface area contributed by atoms with Crippen LogP contribution in [-0.2, 0) is 11.2 Å². The van der Waals surface area contributed by atoms with Crippen LogP contribution in [0.1, 0.15) is 43.9 Å². The summed E-state index contributed by atoms with van der Waals surface area (Å²) in [6, 6.07) is 9.05. The molecule has 18 heavy (non-hydrogen) atoms. The van der Waals surface area contributed by atoms with Crippen molar-refractivity contribution in [3.63, 3.8) is 0 Å². The molecule has 2 rings (SSSR count). The lowest BCUT2D eigenvalue weighted by molar-refractivity contribution is -0.714. The molecule has 0 fully saturated rings. The Balaban J connectivity index is 2.05. The van der Waals surface area contributed by atoms with Crippen molar-refractivity contribution < 1.29 is 10.1 Å². The fraction of sp³-hybridized carbons (Fsp3) is 0.533. The van der Waals surface area contributed by atoms with Gasteiger partial charge < -0.3 is 10.6 Å². The van der Waals surface area contributed by atoms with Crippen molar-refractivity contribution in [3.05, 3.63) is 35.4 Å². The van der Waals surface area contributed by atoms with Crippen molar-refractivity contribution in [3.8, 4) is 0 Å². The number of hydrogen-bond donors (Lipinski definition) is 2. The van der Waals surface area contributed by atoms with Gasteiger partial charge in [-0.1, -0.05) is 24.3 Å². The smallest absolute Gasteiger partial charge is 0.277 e. The van der Waals surface area contributed by atoms with Crippen molar-refractivity contribution in [1.82, 2.24) is 5.32 Å². The molecule has 1 aliphatic carbocycles. The predicted molar refractivity (Wildman–Crippen MR) is 72.2 cm³/mol. The summed E-state index contributed by atoms with van der Waals surface area (Å²) in [5.74, 6) is 0.139. The molecule has 0 aliphatic heterocycles. The van der Waals surface area contributed by atoms with E-state index in [0.717, 1.165) is 0 Å². The number of amides is 1. The Morgan fingerprint density at radius 1 is 1.50 bits per heavy atom. The Morgan fingerprint density at radius 3 is 3.06 bits per heavy atom. The van der Waals surface area contributed by atoms with Gasteiger partial charge in [-0.3, -0.25) is 4.79 Å². The van der Waals surface area contributed by atoms with E-state index in [2.05, 4.69) is 34.9 Å². The van der Waals surface area contributed by atoms with Gasteiger partial charge in [-0.25, -0.2) is 0 Å². The van der Waals surface area contributed by atoms with Crippen LogP contribution < -0.4 is 10.6 Å². The number of likely N-dealkylation sites (N-methyl/N-ethyl adjacent to an activating group) is 1. The van der Waals surface area contributed by atoms with Crippen LogP contribution in [0.2, 0.25) is 0 Å². The summed E-state index contributed by atoms with van der Waals surface area (Å²) in [6.45, 7) is 4.65. The summed E-state index contributed by atoms with van der Waals surface area (Å²) < 4.78 is 0. The number of benzene rings is 1. The fourth-order valence-corrected chi connectivity index (χ4v) is 2.76. The molecule has 98 valence electrons. The third kappa shape index (κ3) is 2.91. The standard InChI is InChI=1S/C15H22N2O/c1-3-16-15(18)11(2)17-14-10-6-8-12-7-4-5-9-13(12)14/h4-5,7,9,11,14,17H,3,6,8,10H2,1-2H3,(H,16,18)/p+1/t11-,14-/m1/s1. The first-order valence-corrected chi connectivity index (χ1v) is 6.93. The van der Waals surface area contributed by atoms with E-state index in [9.17, 15) is 4.79 Å². The summed E-state index contributed by atoms with van der Waals surface area (Å²) in [6.07, 6.45) is 3.57. The maximum Gasteiger partial charge on any atom is 0.277 e. The average molecular weight is 247 g/mol. The molecule has 0 spiro atoms. The lowest BCUT2D eigenvalue weighted by Crippen LogP contribution is -2.92. The molecule has 0 bridgehead atoms. The van der Waals surface area contributed by atoms with Crippen LogP contribution >= 0.6 is 0 Å². The summed E-state index contributed by atoms with van der Waals surface area (Å²) in [4.78, 5) is 11.8. The predicted octanol–water partition coefficient (Wildman–Crippen LogP) is 1.15. The van der Waals surface area contributed by atoms with Gasteiger partial charge in [0, 0.05) is 18.5 Å². The van der Waals surface area contributed by atoms with E-state index >= 15 is 0 Å². The number of rotatable bonds is 4. The SMILES string of the molecule is CCNC(=O)[C@@H](C)[NH2+][C@@H]1CCCc2ccccc21. The second kappa shape index (κ2) is 6.01. The normalized spacial score (nSPS) is 20.0. The minimum atomic E-state index is -0.0129. The second-order valence-electron chi connectivity index (χ2n) is 5.07. The number of carbonyl (C=O) groups is 1. The third-order valence-corrected chi connectivity index (χ3v) is 3.70. The Bertz CT molecular complexity index is 417. The number of hydrogen-bond acceptors (Lipinski definition) is 1. The number of quaternary nitrogens is 1. The van der Waals surface area contributed by atoms with Gasteiger partial charge in [-0.2, -0.15) is 0 Å². The van der Waals surface area contributed by atoms with Crippen LogP contribution in [0.3, 0.4) is 0 Å². The van der Waals surface area contributed by atoms with Crippen LogP contribution in [0.15, 0.2) is 24.3 Å². The number of nitrogens with two attached hydrogens (primary N) is 1. The highest BCUT2D eigenvalue weighted by Crippen LogP contribution is 2.26. The Labute approximate surface area is 109 Å². The maximum atomic E-state index is 11.8. The largest absolute Gasteiger partial charge is 0.351 e. The van der Waals surface area contributed by atoms with Gasteiger partial charge in [0.25, 0.3) is 5.91 Å². The van der Waals surface area contributed by atoms with E-state index in [1.165, 1.54) is 30.4 Å². The minimum Gasteiger partial charge on any atom is -0.351 e. The van der Waals surface area contributed by atoms with Crippen LogP contribution in [-0.4, -0.2) is 18.5 Å². The van der Waals surface area contributed by atoms with Gasteiger partial charge in [-0.15, -0.1) is 0 Å². The topological polar surface area (TPSA) is 45.7 Å². The molecule has 1 aromatic rings. The summed E-state index contributed by atoms with van der Waals surface area (Å²) >= 11 is 0. The molecular formula is C15H23N2O+. The van der Waals surface area contributed by atoms with Crippen molar-refractivity contribution in [2.24, 2.45) is 0 Å². The van der Waals surface area contributed by atoms with Crippen LogP contribution in [0.5, 0.6) is 0 Å². The molecule has 0 aromatic heterocycles. The zero-order valence-corrected chi connectivity index (χ0v) is 11.3. The molecule has 1 amide bonds. The van der Waals surface area contributed by atoms with Crippen molar-refractivity contribution in [2.75, 3.05) is 6.54 Å². The highest BCUT2D eigenvalue weighted by Gasteiger charge is 2.26. The second-order valence-corrected chi connectivity index (χ2v) is 5.07. The average Bonchev–Trinajstić information content (AvgIpc) is 2.39. The summed E-state index contributed by atoms with van der Waals surface area (Å²) in [5.41, 5.74) is 2.87. The molecule has 0 saturated heterocycles. The monoisotopic (exact) mass is 247 g/mol. The lowest BCUT2D eigenvalue weighted by atomic mass is 9.87. The summed E-state index contributed by atoms with van der Waals surface area (Å²) in [7, 11) is 0. The number of carbonyl (C=O) groups excluding carboxylic acids is 1. The van der Waals surface area contributed by atoms with Gasteiger partial charge >= 0.3 is 0 Å². The molecule has 0 heterocycles. The first-order chi connectivity index (χ1) is 8.72. The molecular weight excluding hydrogens is 224 g/mol. The molecule has 3 nitrogen and oxygen atoms in total. The van der Waals surface area contributed by atoms with Gasteiger partial charge in [0.05, 0.1) is 0 Å². The van der Waals surface area contributed by atoms with Crippen molar-refractivity contribution >= 4 is 5.91 Å². The van der Waals surface area contributed by atoms with Gasteiger partial charge in [0.15, 0.2) is 6.04 Å². The summed E-state index contributed by atoms with van der Waals surface area (Å²) in [5, 5.41) is 5.10. The molecule has 0 unspecified atom stereocenters. The first kappa shape index (κ1) is 13.1. The molecule has 1 aliphatic rings. The quantitative estimate of drug-likeness (QED) is 0.824. The Hall–Kier alpha value is -1.35. The minimum absolute atomic E-state index is 0.0129. The first-order valence-electron chi connectivity index (χ1n) is 6.93. The highest BCUT2D eigenvalue weighted by molar-refractivity contribution is 5.79. The Kier molecular flexibility index (Phi) is 4.37. The number of fused-ring (bicyclic) bond motifs is 1. The van der Waals surface area contributed by atoms with E-state index in [1.54, 1.807) is 0 Å². The molecule has 1 aromatic carbocycles. The van der Waals surface area contributed by atoms with E-state index in [-0.39, 0.29) is 11.9 Å². The van der Waals surface area contributed by atoms with Crippen LogP contribution in [0, 0.1) is 0 Å². The third-order valence-electron chi connectivity index (χ3n) is 3.70. The lowest BCUT2D eigenvalue weighted by Gasteiger charge is -2.25. The molecule has 3 N–H and O–H groups in total. The molecule has 3 heteroatoms. The molecule has 0 saturated carbocycles. The zero-order chi connectivity index (χ0) is 13.0. The van der Waals surface area contributed by atoms with Gasteiger partial charge in [0.1, 0.15) is 6.04 Å². The van der Waals surface area contributed by atoms with Crippen molar-refractivity contribution in [2.45, 2.75) is 45.2 Å². The molecule has 0 radical (unpaired) electrons. The Morgan fingerprint density at radius 2 is 2.28 bits per heavy atom. The van der Waals surface area contributed by atoms with E-state index in [0.29, 0.717) is 12.6 Å². The van der Waals surface area contributed by atoms with E-state index < -0.39 is 0 Å². The van der Waals surface area contributed by atoms with Crippen molar-refractivity contribution in [1.29, 1.82) is 0 Å². The number of nitrogens with one attached hydrogen (secondary N) is 1. The van der Waals surface area contributed by atoms with Crippen LogP contribution in [0.4, 0.5) is 0 Å². The van der Waals surface area contributed by atoms with E-state index in [4.69, 9.17) is 0 Å². The molecule has 2 atom stereocenters. The van der Waals surface area contributed by atoms with Gasteiger partial charge in [0.2, 0.25) is 0 Å². The van der Waals surface area contributed by atoms with Gasteiger partial charge in [-0.05, 0) is 32.3 Å². The fourth-order valence-electron chi connectivity index (χ4n) is 2.76. The zero-order valence-electron chi connectivity index (χ0n) is 11.3. The maximum absolute atomic E-state index is 11.8.